The van der Waals surface area contributed by atoms with Crippen molar-refractivity contribution in [3.05, 3.63) is 48.0 Å². The molecular formula is C15H16O3. The molecule has 2 aromatic carbocycles. The third-order valence-corrected chi connectivity index (χ3v) is 2.94. The minimum absolute atomic E-state index is 0.0728. The first kappa shape index (κ1) is 12.7. The molecule has 0 fully saturated rings. The van der Waals surface area contributed by atoms with E-state index in [1.165, 1.54) is 14.2 Å². The molecule has 0 radical (unpaired) electrons. The van der Waals surface area contributed by atoms with Crippen LogP contribution in [0.2, 0.25) is 0 Å². The Morgan fingerprint density at radius 2 is 1.72 bits per heavy atom. The van der Waals surface area contributed by atoms with Gasteiger partial charge in [0.05, 0.1) is 0 Å². The molecule has 0 aliphatic heterocycles. The number of benzene rings is 2. The van der Waals surface area contributed by atoms with Crippen molar-refractivity contribution in [3.63, 3.8) is 0 Å². The van der Waals surface area contributed by atoms with Gasteiger partial charge in [-0.15, -0.1) is 0 Å². The first-order valence-corrected chi connectivity index (χ1v) is 5.81. The van der Waals surface area contributed by atoms with Gasteiger partial charge in [0, 0.05) is 20.6 Å². The zero-order valence-electron chi connectivity index (χ0n) is 10.6. The number of ketones is 1. The largest absolute Gasteiger partial charge is 0.349 e. The lowest BCUT2D eigenvalue weighted by molar-refractivity contribution is -0.155. The van der Waals surface area contributed by atoms with E-state index in [9.17, 15) is 4.79 Å². The highest BCUT2D eigenvalue weighted by molar-refractivity contribution is 5.92. The van der Waals surface area contributed by atoms with Crippen LogP contribution in [0.3, 0.4) is 0 Å². The molecule has 0 aliphatic rings. The number of carbonyl (C=O) groups excluding carboxylic acids is 1. The van der Waals surface area contributed by atoms with E-state index in [-0.39, 0.29) is 5.78 Å². The molecule has 0 aromatic heterocycles. The minimum atomic E-state index is -0.788. The van der Waals surface area contributed by atoms with Crippen molar-refractivity contribution in [2.24, 2.45) is 0 Å². The summed E-state index contributed by atoms with van der Waals surface area (Å²) in [5.41, 5.74) is 0.997. The standard InChI is InChI=1S/C15H16O3/c1-17-15(18-2)14(16)10-12-8-5-7-11-6-3-4-9-13(11)12/h3-9,15H,10H2,1-2H3. The molecule has 0 atom stereocenters. The van der Waals surface area contributed by atoms with Crippen LogP contribution in [-0.4, -0.2) is 26.3 Å². The smallest absolute Gasteiger partial charge is 0.217 e. The summed E-state index contributed by atoms with van der Waals surface area (Å²) in [4.78, 5) is 12.0. The van der Waals surface area contributed by atoms with Gasteiger partial charge in [0.15, 0.2) is 5.78 Å². The van der Waals surface area contributed by atoms with Gasteiger partial charge in [-0.3, -0.25) is 4.79 Å². The van der Waals surface area contributed by atoms with E-state index in [1.807, 2.05) is 42.5 Å². The van der Waals surface area contributed by atoms with Crippen LogP contribution in [0.1, 0.15) is 5.56 Å². The lowest BCUT2D eigenvalue weighted by atomic mass is 10.0. The van der Waals surface area contributed by atoms with Gasteiger partial charge in [0.25, 0.3) is 0 Å². The van der Waals surface area contributed by atoms with Crippen molar-refractivity contribution in [3.8, 4) is 0 Å². The second kappa shape index (κ2) is 5.76. The molecule has 3 heteroatoms. The summed E-state index contributed by atoms with van der Waals surface area (Å²) in [6, 6.07) is 14.0. The molecule has 0 saturated carbocycles. The molecule has 0 saturated heterocycles. The van der Waals surface area contributed by atoms with E-state index in [4.69, 9.17) is 9.47 Å². The predicted octanol–water partition coefficient (Wildman–Crippen LogP) is 2.57. The number of fused-ring (bicyclic) bond motifs is 1. The SMILES string of the molecule is COC(OC)C(=O)Cc1cccc2ccccc12. The third-order valence-electron chi connectivity index (χ3n) is 2.94. The molecule has 3 nitrogen and oxygen atoms in total. The van der Waals surface area contributed by atoms with Crippen LogP contribution in [-0.2, 0) is 20.7 Å². The summed E-state index contributed by atoms with van der Waals surface area (Å²) in [7, 11) is 2.93. The summed E-state index contributed by atoms with van der Waals surface area (Å²) in [5, 5.41) is 2.23. The Kier molecular flexibility index (Phi) is 4.07. The van der Waals surface area contributed by atoms with E-state index in [0.29, 0.717) is 6.42 Å². The predicted molar refractivity (Wildman–Crippen MR) is 70.5 cm³/mol. The fourth-order valence-corrected chi connectivity index (χ4v) is 2.08. The minimum Gasteiger partial charge on any atom is -0.349 e. The Bertz CT molecular complexity index is 539. The number of rotatable bonds is 5. The van der Waals surface area contributed by atoms with Crippen molar-refractivity contribution < 1.29 is 14.3 Å². The number of hydrogen-bond donors (Lipinski definition) is 0. The van der Waals surface area contributed by atoms with Crippen molar-refractivity contribution in [2.75, 3.05) is 14.2 Å². The average molecular weight is 244 g/mol. The summed E-state index contributed by atoms with van der Waals surface area (Å²) in [6.07, 6.45) is -0.475. The summed E-state index contributed by atoms with van der Waals surface area (Å²) in [6.45, 7) is 0. The van der Waals surface area contributed by atoms with Crippen LogP contribution in [0.4, 0.5) is 0 Å². The van der Waals surface area contributed by atoms with Gasteiger partial charge < -0.3 is 9.47 Å². The molecule has 0 aliphatic carbocycles. The molecule has 2 aromatic rings. The molecular weight excluding hydrogens is 228 g/mol. The zero-order chi connectivity index (χ0) is 13.0. The average Bonchev–Trinajstić information content (AvgIpc) is 2.40. The Morgan fingerprint density at radius 1 is 1.06 bits per heavy atom. The lowest BCUT2D eigenvalue weighted by Crippen LogP contribution is -2.26. The number of methoxy groups -OCH3 is 2. The van der Waals surface area contributed by atoms with Gasteiger partial charge in [-0.05, 0) is 16.3 Å². The molecule has 0 bridgehead atoms. The Morgan fingerprint density at radius 3 is 2.44 bits per heavy atom. The van der Waals surface area contributed by atoms with Crippen LogP contribution in [0, 0.1) is 0 Å². The van der Waals surface area contributed by atoms with Gasteiger partial charge in [0.1, 0.15) is 0 Å². The first-order chi connectivity index (χ1) is 8.76. The zero-order valence-corrected chi connectivity index (χ0v) is 10.6. The van der Waals surface area contributed by atoms with Gasteiger partial charge >= 0.3 is 0 Å². The Balaban J connectivity index is 2.29. The van der Waals surface area contributed by atoms with Crippen LogP contribution >= 0.6 is 0 Å². The fraction of sp³-hybridized carbons (Fsp3) is 0.267. The topological polar surface area (TPSA) is 35.5 Å². The quantitative estimate of drug-likeness (QED) is 0.758. The van der Waals surface area contributed by atoms with Crippen LogP contribution in [0.15, 0.2) is 42.5 Å². The number of Topliss-reactive ketones (excluding diaryl/α,β-unsaturated/α-hetero) is 1. The van der Waals surface area contributed by atoms with Gasteiger partial charge in [-0.1, -0.05) is 42.5 Å². The molecule has 0 spiro atoms. The Labute approximate surface area is 106 Å². The second-order valence-corrected chi connectivity index (χ2v) is 4.08. The lowest BCUT2D eigenvalue weighted by Gasteiger charge is -2.12. The van der Waals surface area contributed by atoms with E-state index in [1.54, 1.807) is 0 Å². The van der Waals surface area contributed by atoms with Crippen LogP contribution in [0.25, 0.3) is 10.8 Å². The van der Waals surface area contributed by atoms with Gasteiger partial charge in [-0.2, -0.15) is 0 Å². The van der Waals surface area contributed by atoms with Crippen molar-refractivity contribution in [1.82, 2.24) is 0 Å². The summed E-state index contributed by atoms with van der Waals surface area (Å²) in [5.74, 6) is -0.0728. The van der Waals surface area contributed by atoms with Crippen LogP contribution < -0.4 is 0 Å². The van der Waals surface area contributed by atoms with E-state index in [0.717, 1.165) is 16.3 Å². The van der Waals surface area contributed by atoms with Crippen molar-refractivity contribution >= 4 is 16.6 Å². The molecule has 18 heavy (non-hydrogen) atoms. The van der Waals surface area contributed by atoms with Crippen molar-refractivity contribution in [1.29, 1.82) is 0 Å². The Hall–Kier alpha value is -1.71. The maximum atomic E-state index is 12.0. The molecule has 0 N–H and O–H groups in total. The number of carbonyl (C=O) groups is 1. The molecule has 0 amide bonds. The van der Waals surface area contributed by atoms with E-state index >= 15 is 0 Å². The highest BCUT2D eigenvalue weighted by Gasteiger charge is 2.17. The number of ether oxygens (including phenoxy) is 2. The normalized spacial score (nSPS) is 11.1. The third kappa shape index (κ3) is 2.58. The highest BCUT2D eigenvalue weighted by atomic mass is 16.7. The molecule has 0 heterocycles. The van der Waals surface area contributed by atoms with Crippen LogP contribution in [0.5, 0.6) is 0 Å². The van der Waals surface area contributed by atoms with Crippen molar-refractivity contribution in [2.45, 2.75) is 12.7 Å². The maximum absolute atomic E-state index is 12.0. The number of hydrogen-bond acceptors (Lipinski definition) is 3. The summed E-state index contributed by atoms with van der Waals surface area (Å²) < 4.78 is 9.95. The second-order valence-electron chi connectivity index (χ2n) is 4.08. The fourth-order valence-electron chi connectivity index (χ4n) is 2.08. The summed E-state index contributed by atoms with van der Waals surface area (Å²) >= 11 is 0. The monoisotopic (exact) mass is 244 g/mol. The maximum Gasteiger partial charge on any atom is 0.217 e. The highest BCUT2D eigenvalue weighted by Crippen LogP contribution is 2.19. The molecule has 2 rings (SSSR count). The van der Waals surface area contributed by atoms with Gasteiger partial charge in [0.2, 0.25) is 6.29 Å². The van der Waals surface area contributed by atoms with E-state index < -0.39 is 6.29 Å². The molecule has 94 valence electrons. The first-order valence-electron chi connectivity index (χ1n) is 5.81. The van der Waals surface area contributed by atoms with E-state index in [2.05, 4.69) is 0 Å². The van der Waals surface area contributed by atoms with Gasteiger partial charge in [-0.25, -0.2) is 0 Å². The molecule has 0 unspecified atom stereocenters.